The molecule has 0 spiro atoms. The normalized spacial score (nSPS) is 19.2. The number of hydrogen-bond acceptors (Lipinski definition) is 3. The van der Waals surface area contributed by atoms with Crippen LogP contribution >= 0.6 is 11.6 Å². The van der Waals surface area contributed by atoms with Crippen LogP contribution in [0.3, 0.4) is 0 Å². The topological polar surface area (TPSA) is 43.8 Å². The molecule has 5 heteroatoms. The third-order valence-electron chi connectivity index (χ3n) is 3.92. The zero-order valence-corrected chi connectivity index (χ0v) is 12.7. The van der Waals surface area contributed by atoms with E-state index in [1.165, 1.54) is 18.6 Å². The van der Waals surface area contributed by atoms with Crippen LogP contribution in [0, 0.1) is 0 Å². The molecule has 4 nitrogen and oxygen atoms in total. The van der Waals surface area contributed by atoms with Crippen molar-refractivity contribution in [2.24, 2.45) is 0 Å². The molecule has 0 bridgehead atoms. The summed E-state index contributed by atoms with van der Waals surface area (Å²) in [5.41, 5.74) is 0.357. The van der Waals surface area contributed by atoms with E-state index < -0.39 is 0 Å². The molecule has 1 atom stereocenters. The van der Waals surface area contributed by atoms with Gasteiger partial charge in [-0.25, -0.2) is 0 Å². The van der Waals surface area contributed by atoms with Gasteiger partial charge in [0.2, 0.25) is 0 Å². The number of aromatic hydroxyl groups is 1. The van der Waals surface area contributed by atoms with Crippen LogP contribution in [0.4, 0.5) is 0 Å². The minimum Gasteiger partial charge on any atom is -0.508 e. The number of phenols is 1. The highest BCUT2D eigenvalue weighted by Crippen LogP contribution is 2.23. The molecule has 1 saturated heterocycles. The number of likely N-dealkylation sites (tertiary alicyclic amines) is 1. The van der Waals surface area contributed by atoms with Crippen LogP contribution in [0.5, 0.6) is 5.75 Å². The molecular weight excluding hydrogens is 276 g/mol. The summed E-state index contributed by atoms with van der Waals surface area (Å²) in [5.74, 6) is -0.0870. The maximum absolute atomic E-state index is 12.4. The molecule has 2 rings (SSSR count). The van der Waals surface area contributed by atoms with E-state index in [0.717, 1.165) is 19.5 Å². The fraction of sp³-hybridized carbons (Fsp3) is 0.533. The van der Waals surface area contributed by atoms with Gasteiger partial charge in [-0.15, -0.1) is 0 Å². The molecule has 110 valence electrons. The number of carbonyl (C=O) groups excluding carboxylic acids is 1. The van der Waals surface area contributed by atoms with E-state index in [1.54, 1.807) is 18.0 Å². The predicted octanol–water partition coefficient (Wildman–Crippen LogP) is 2.60. The van der Waals surface area contributed by atoms with Gasteiger partial charge < -0.3 is 10.0 Å². The lowest BCUT2D eigenvalue weighted by Crippen LogP contribution is -2.41. The molecule has 1 aromatic rings. The Bertz CT molecular complexity index is 493. The van der Waals surface area contributed by atoms with E-state index in [4.69, 9.17) is 11.6 Å². The maximum atomic E-state index is 12.4. The summed E-state index contributed by atoms with van der Waals surface area (Å²) >= 11 is 6.04. The second kappa shape index (κ2) is 6.46. The Kier molecular flexibility index (Phi) is 4.89. The molecule has 1 heterocycles. The first-order valence-electron chi connectivity index (χ1n) is 7.01. The first-order chi connectivity index (χ1) is 9.52. The van der Waals surface area contributed by atoms with Crippen molar-refractivity contribution in [3.63, 3.8) is 0 Å². The summed E-state index contributed by atoms with van der Waals surface area (Å²) in [6.45, 7) is 4.96. The number of likely N-dealkylation sites (N-methyl/N-ethyl adjacent to an activating group) is 2. The summed E-state index contributed by atoms with van der Waals surface area (Å²) in [4.78, 5) is 16.5. The van der Waals surface area contributed by atoms with Crippen molar-refractivity contribution < 1.29 is 9.90 Å². The predicted molar refractivity (Wildman–Crippen MR) is 80.3 cm³/mol. The number of hydrogen-bond donors (Lipinski definition) is 1. The molecule has 1 fully saturated rings. The molecule has 0 aliphatic carbocycles. The van der Waals surface area contributed by atoms with E-state index in [1.807, 2.05) is 0 Å². The lowest BCUT2D eigenvalue weighted by molar-refractivity contribution is 0.0754. The average molecular weight is 297 g/mol. The number of amides is 1. The van der Waals surface area contributed by atoms with Gasteiger partial charge in [-0.05, 0) is 44.1 Å². The lowest BCUT2D eigenvalue weighted by Gasteiger charge is -2.28. The first kappa shape index (κ1) is 15.1. The van der Waals surface area contributed by atoms with Crippen molar-refractivity contribution in [3.05, 3.63) is 28.8 Å². The molecule has 20 heavy (non-hydrogen) atoms. The number of phenolic OH excluding ortho intramolecular Hbond substituents is 1. The van der Waals surface area contributed by atoms with E-state index in [-0.39, 0.29) is 11.7 Å². The average Bonchev–Trinajstić information content (AvgIpc) is 2.87. The number of halogens is 1. The van der Waals surface area contributed by atoms with Crippen molar-refractivity contribution in [2.45, 2.75) is 25.8 Å². The van der Waals surface area contributed by atoms with Gasteiger partial charge in [0.1, 0.15) is 5.75 Å². The molecule has 1 aliphatic heterocycles. The Morgan fingerprint density at radius 1 is 1.55 bits per heavy atom. The third-order valence-corrected chi connectivity index (χ3v) is 4.25. The minimum absolute atomic E-state index is 0.0576. The SMILES string of the molecule is CCN1CCCC1CN(C)C(=O)c1cc(O)ccc1Cl. The molecule has 0 saturated carbocycles. The summed E-state index contributed by atoms with van der Waals surface area (Å²) in [6, 6.07) is 4.87. The molecule has 1 aromatic carbocycles. The number of carbonyl (C=O) groups is 1. The third kappa shape index (κ3) is 3.25. The van der Waals surface area contributed by atoms with Gasteiger partial charge in [-0.1, -0.05) is 18.5 Å². The molecule has 0 radical (unpaired) electrons. The van der Waals surface area contributed by atoms with E-state index in [0.29, 0.717) is 23.2 Å². The summed E-state index contributed by atoms with van der Waals surface area (Å²) in [7, 11) is 1.79. The monoisotopic (exact) mass is 296 g/mol. The fourth-order valence-corrected chi connectivity index (χ4v) is 3.00. The smallest absolute Gasteiger partial charge is 0.255 e. The van der Waals surface area contributed by atoms with Crippen molar-refractivity contribution >= 4 is 17.5 Å². The molecular formula is C15H21ClN2O2. The minimum atomic E-state index is -0.145. The number of rotatable bonds is 4. The Morgan fingerprint density at radius 2 is 2.30 bits per heavy atom. The van der Waals surface area contributed by atoms with Gasteiger partial charge in [0.05, 0.1) is 10.6 Å². The molecule has 1 N–H and O–H groups in total. The zero-order chi connectivity index (χ0) is 14.7. The zero-order valence-electron chi connectivity index (χ0n) is 12.0. The standard InChI is InChI=1S/C15H21ClN2O2/c1-3-18-8-4-5-11(18)10-17(2)15(20)13-9-12(19)6-7-14(13)16/h6-7,9,11,19H,3-5,8,10H2,1-2H3. The quantitative estimate of drug-likeness (QED) is 0.929. The van der Waals surface area contributed by atoms with E-state index in [2.05, 4.69) is 11.8 Å². The summed E-state index contributed by atoms with van der Waals surface area (Å²) < 4.78 is 0. The van der Waals surface area contributed by atoms with Crippen LogP contribution in [0.15, 0.2) is 18.2 Å². The van der Waals surface area contributed by atoms with Gasteiger partial charge in [-0.2, -0.15) is 0 Å². The van der Waals surface area contributed by atoms with Crippen LogP contribution in [0.1, 0.15) is 30.1 Å². The highest BCUT2D eigenvalue weighted by molar-refractivity contribution is 6.33. The Labute approximate surface area is 124 Å². The van der Waals surface area contributed by atoms with Crippen molar-refractivity contribution in [1.82, 2.24) is 9.80 Å². The fourth-order valence-electron chi connectivity index (χ4n) is 2.80. The molecule has 1 amide bonds. The maximum Gasteiger partial charge on any atom is 0.255 e. The highest BCUT2D eigenvalue weighted by atomic mass is 35.5. The molecule has 1 unspecified atom stereocenters. The lowest BCUT2D eigenvalue weighted by atomic mass is 10.1. The Balaban J connectivity index is 2.07. The number of nitrogens with zero attached hydrogens (tertiary/aromatic N) is 2. The largest absolute Gasteiger partial charge is 0.508 e. The van der Waals surface area contributed by atoms with Crippen LogP contribution < -0.4 is 0 Å². The van der Waals surface area contributed by atoms with Gasteiger partial charge in [0.15, 0.2) is 0 Å². The van der Waals surface area contributed by atoms with E-state index >= 15 is 0 Å². The van der Waals surface area contributed by atoms with Crippen molar-refractivity contribution in [2.75, 3.05) is 26.7 Å². The van der Waals surface area contributed by atoms with Crippen LogP contribution in [-0.4, -0.2) is 53.5 Å². The van der Waals surface area contributed by atoms with E-state index in [9.17, 15) is 9.90 Å². The van der Waals surface area contributed by atoms with Crippen molar-refractivity contribution in [1.29, 1.82) is 0 Å². The number of benzene rings is 1. The molecule has 1 aliphatic rings. The summed E-state index contributed by atoms with van der Waals surface area (Å²) in [5, 5.41) is 9.87. The van der Waals surface area contributed by atoms with Crippen LogP contribution in [0.2, 0.25) is 5.02 Å². The molecule has 0 aromatic heterocycles. The summed E-state index contributed by atoms with van der Waals surface area (Å²) in [6.07, 6.45) is 2.31. The highest BCUT2D eigenvalue weighted by Gasteiger charge is 2.26. The first-order valence-corrected chi connectivity index (χ1v) is 7.38. The van der Waals surface area contributed by atoms with Crippen molar-refractivity contribution in [3.8, 4) is 5.75 Å². The second-order valence-electron chi connectivity index (χ2n) is 5.27. The van der Waals surface area contributed by atoms with Crippen LogP contribution in [0.25, 0.3) is 0 Å². The Hall–Kier alpha value is -1.26. The van der Waals surface area contributed by atoms with Gasteiger partial charge in [0.25, 0.3) is 5.91 Å². The van der Waals surface area contributed by atoms with Gasteiger partial charge in [0, 0.05) is 19.6 Å². The Morgan fingerprint density at radius 3 is 3.00 bits per heavy atom. The van der Waals surface area contributed by atoms with Crippen LogP contribution in [-0.2, 0) is 0 Å². The van der Waals surface area contributed by atoms with Gasteiger partial charge >= 0.3 is 0 Å². The second-order valence-corrected chi connectivity index (χ2v) is 5.68. The van der Waals surface area contributed by atoms with Gasteiger partial charge in [-0.3, -0.25) is 9.69 Å².